The fraction of sp³-hybridized carbons (Fsp3) is 0.423. The Bertz CT molecular complexity index is 925. The van der Waals surface area contributed by atoms with E-state index in [0.717, 1.165) is 11.3 Å². The van der Waals surface area contributed by atoms with E-state index >= 15 is 0 Å². The van der Waals surface area contributed by atoms with E-state index in [1.165, 1.54) is 0 Å². The molecule has 6 nitrogen and oxygen atoms in total. The molecule has 1 heterocycles. The van der Waals surface area contributed by atoms with Crippen molar-refractivity contribution in [1.82, 2.24) is 4.90 Å². The van der Waals surface area contributed by atoms with E-state index in [4.69, 9.17) is 14.2 Å². The summed E-state index contributed by atoms with van der Waals surface area (Å²) in [6.45, 7) is 6.90. The predicted molar refractivity (Wildman–Crippen MR) is 123 cm³/mol. The van der Waals surface area contributed by atoms with Crippen LogP contribution in [0.15, 0.2) is 54.6 Å². The molecule has 2 atom stereocenters. The molecule has 3 rings (SSSR count). The number of para-hydroxylation sites is 1. The van der Waals surface area contributed by atoms with Crippen LogP contribution in [0.2, 0.25) is 0 Å². The quantitative estimate of drug-likeness (QED) is 0.709. The Balaban J connectivity index is 1.43. The Labute approximate surface area is 190 Å². The lowest BCUT2D eigenvalue weighted by Gasteiger charge is -2.36. The summed E-state index contributed by atoms with van der Waals surface area (Å²) < 4.78 is 16.6. The minimum atomic E-state index is -0.640. The van der Waals surface area contributed by atoms with Crippen LogP contribution in [-0.2, 0) is 4.74 Å². The summed E-state index contributed by atoms with van der Waals surface area (Å²) in [5.74, 6) is 7.34. The topological polar surface area (TPSA) is 68.2 Å². The number of aliphatic hydroxyl groups is 1. The van der Waals surface area contributed by atoms with Crippen LogP contribution in [0.4, 0.5) is 4.79 Å². The zero-order valence-electron chi connectivity index (χ0n) is 18.9. The van der Waals surface area contributed by atoms with Gasteiger partial charge >= 0.3 is 6.09 Å². The largest absolute Gasteiger partial charge is 0.481 e. The predicted octanol–water partition coefficient (Wildman–Crippen LogP) is 4.23. The highest BCUT2D eigenvalue weighted by Gasteiger charge is 2.33. The summed E-state index contributed by atoms with van der Waals surface area (Å²) in [7, 11) is 0. The number of piperidine rings is 1. The average molecular weight is 438 g/mol. The Morgan fingerprint density at radius 1 is 1.00 bits per heavy atom. The molecule has 0 aliphatic carbocycles. The van der Waals surface area contributed by atoms with E-state index in [0.29, 0.717) is 25.3 Å². The van der Waals surface area contributed by atoms with E-state index < -0.39 is 11.7 Å². The van der Waals surface area contributed by atoms with E-state index in [1.807, 2.05) is 75.4 Å². The summed E-state index contributed by atoms with van der Waals surface area (Å²) in [4.78, 5) is 13.8. The minimum Gasteiger partial charge on any atom is -0.481 e. The van der Waals surface area contributed by atoms with Gasteiger partial charge in [-0.1, -0.05) is 42.2 Å². The van der Waals surface area contributed by atoms with Gasteiger partial charge in [-0.15, -0.1) is 0 Å². The van der Waals surface area contributed by atoms with Gasteiger partial charge in [0, 0.05) is 12.5 Å². The lowest BCUT2D eigenvalue weighted by atomic mass is 9.87. The molecule has 0 radical (unpaired) electrons. The fourth-order valence-corrected chi connectivity index (χ4v) is 3.48. The van der Waals surface area contributed by atoms with Crippen molar-refractivity contribution < 1.29 is 24.1 Å². The molecule has 2 aromatic rings. The second kappa shape index (κ2) is 10.9. The number of β-amino-alcohol motifs (C(OH)–C–C–N with tert-alkyl or cyclic N) is 1. The van der Waals surface area contributed by atoms with Crippen molar-refractivity contribution in [3.63, 3.8) is 0 Å². The van der Waals surface area contributed by atoms with Gasteiger partial charge in [0.15, 0.2) is 0 Å². The third-order valence-electron chi connectivity index (χ3n) is 5.03. The van der Waals surface area contributed by atoms with E-state index in [9.17, 15) is 9.90 Å². The average Bonchev–Trinajstić information content (AvgIpc) is 2.76. The van der Waals surface area contributed by atoms with Crippen molar-refractivity contribution in [2.75, 3.05) is 26.3 Å². The molecule has 0 spiro atoms. The van der Waals surface area contributed by atoms with Gasteiger partial charge in [0.2, 0.25) is 0 Å². The number of hydrogen-bond donors (Lipinski definition) is 1. The number of carbonyl (C=O) groups excluding carboxylic acids is 1. The van der Waals surface area contributed by atoms with Gasteiger partial charge in [-0.2, -0.15) is 0 Å². The number of aliphatic hydroxyl groups excluding tert-OH is 1. The molecule has 170 valence electrons. The van der Waals surface area contributed by atoms with Gasteiger partial charge < -0.3 is 24.2 Å². The molecule has 0 saturated carbocycles. The molecular formula is C26H31NO5. The normalized spacial score (nSPS) is 18.3. The van der Waals surface area contributed by atoms with Crippen LogP contribution in [0.25, 0.3) is 0 Å². The van der Waals surface area contributed by atoms with Crippen LogP contribution < -0.4 is 9.47 Å². The Hall–Kier alpha value is -3.17. The van der Waals surface area contributed by atoms with Crippen LogP contribution in [0.5, 0.6) is 11.5 Å². The van der Waals surface area contributed by atoms with Crippen LogP contribution >= 0.6 is 0 Å². The molecule has 0 bridgehead atoms. The maximum Gasteiger partial charge on any atom is 0.410 e. The molecular weight excluding hydrogens is 406 g/mol. The molecule has 1 fully saturated rings. The smallest absolute Gasteiger partial charge is 0.410 e. The second-order valence-electron chi connectivity index (χ2n) is 8.70. The van der Waals surface area contributed by atoms with Gasteiger partial charge in [0.05, 0.1) is 12.6 Å². The summed E-state index contributed by atoms with van der Waals surface area (Å²) >= 11 is 0. The third-order valence-corrected chi connectivity index (χ3v) is 5.03. The molecule has 32 heavy (non-hydrogen) atoms. The highest BCUT2D eigenvalue weighted by atomic mass is 16.6. The minimum absolute atomic E-state index is 0.0299. The Morgan fingerprint density at radius 3 is 2.16 bits per heavy atom. The van der Waals surface area contributed by atoms with Crippen molar-refractivity contribution >= 4 is 6.09 Å². The summed E-state index contributed by atoms with van der Waals surface area (Å²) in [6.07, 6.45) is -0.347. The van der Waals surface area contributed by atoms with Crippen molar-refractivity contribution in [3.8, 4) is 23.3 Å². The summed E-state index contributed by atoms with van der Waals surface area (Å²) in [6, 6.07) is 17.2. The molecule has 1 N–H and O–H groups in total. The highest BCUT2D eigenvalue weighted by Crippen LogP contribution is 2.30. The van der Waals surface area contributed by atoms with Crippen molar-refractivity contribution in [3.05, 3.63) is 60.2 Å². The number of hydrogen-bond acceptors (Lipinski definition) is 5. The van der Waals surface area contributed by atoms with Crippen LogP contribution in [-0.4, -0.2) is 54.1 Å². The zero-order valence-corrected chi connectivity index (χ0v) is 18.9. The van der Waals surface area contributed by atoms with Gasteiger partial charge in [-0.05, 0) is 57.0 Å². The Morgan fingerprint density at radius 2 is 1.59 bits per heavy atom. The maximum atomic E-state index is 12.2. The molecule has 2 unspecified atom stereocenters. The number of carbonyl (C=O) groups is 1. The molecule has 2 aromatic carbocycles. The number of benzene rings is 2. The molecule has 0 aromatic heterocycles. The Kier molecular flexibility index (Phi) is 8.02. The van der Waals surface area contributed by atoms with Crippen LogP contribution in [0.3, 0.4) is 0 Å². The first-order valence-electron chi connectivity index (χ1n) is 10.8. The zero-order chi connectivity index (χ0) is 23.0. The van der Waals surface area contributed by atoms with Gasteiger partial charge in [-0.25, -0.2) is 4.79 Å². The first kappa shape index (κ1) is 23.5. The number of nitrogens with zero attached hydrogens (tertiary/aromatic N) is 1. The lowest BCUT2D eigenvalue weighted by Crippen LogP contribution is -2.47. The number of ether oxygens (including phenoxy) is 3. The van der Waals surface area contributed by atoms with E-state index in [-0.39, 0.29) is 25.2 Å². The maximum absolute atomic E-state index is 12.2. The van der Waals surface area contributed by atoms with Crippen molar-refractivity contribution in [2.24, 2.45) is 0 Å². The molecule has 1 amide bonds. The first-order valence-corrected chi connectivity index (χ1v) is 10.8. The van der Waals surface area contributed by atoms with Gasteiger partial charge in [0.1, 0.15) is 30.3 Å². The molecule has 6 heteroatoms. The number of rotatable bonds is 5. The van der Waals surface area contributed by atoms with Crippen LogP contribution in [0, 0.1) is 11.8 Å². The molecule has 1 saturated heterocycles. The number of amides is 1. The highest BCUT2D eigenvalue weighted by molar-refractivity contribution is 5.68. The lowest BCUT2D eigenvalue weighted by molar-refractivity contribution is -0.00152. The first-order chi connectivity index (χ1) is 15.3. The number of likely N-dealkylation sites (tertiary alicyclic amines) is 1. The van der Waals surface area contributed by atoms with Crippen molar-refractivity contribution in [1.29, 1.82) is 0 Å². The monoisotopic (exact) mass is 437 g/mol. The SMILES string of the molecule is CC(C)(C)OC(=O)N1CCC(c2ccc(OCC#CCOc3ccccc3)cc2)C(O)C1. The van der Waals surface area contributed by atoms with Crippen molar-refractivity contribution in [2.45, 2.75) is 44.8 Å². The van der Waals surface area contributed by atoms with Gasteiger partial charge in [-0.3, -0.25) is 0 Å². The summed E-state index contributed by atoms with van der Waals surface area (Å²) in [5.41, 5.74) is 0.476. The standard InChI is InChI=1S/C26H31NO5/c1-26(2,3)32-25(29)27-16-15-23(24(28)19-27)20-11-13-22(14-12-20)31-18-8-7-17-30-21-9-5-4-6-10-21/h4-6,9-14,23-24,28H,15-19H2,1-3H3. The second-order valence-corrected chi connectivity index (χ2v) is 8.70. The van der Waals surface area contributed by atoms with E-state index in [1.54, 1.807) is 4.90 Å². The molecule has 1 aliphatic heterocycles. The molecule has 1 aliphatic rings. The fourth-order valence-electron chi connectivity index (χ4n) is 3.48. The van der Waals surface area contributed by atoms with Gasteiger partial charge in [0.25, 0.3) is 0 Å². The van der Waals surface area contributed by atoms with Crippen LogP contribution in [0.1, 0.15) is 38.7 Å². The third kappa shape index (κ3) is 7.21. The van der Waals surface area contributed by atoms with E-state index in [2.05, 4.69) is 11.8 Å². The summed E-state index contributed by atoms with van der Waals surface area (Å²) in [5, 5.41) is 10.6.